The Bertz CT molecular complexity index is 691. The third-order valence-electron chi connectivity index (χ3n) is 4.14. The van der Waals surface area contributed by atoms with Crippen LogP contribution in [0, 0.1) is 0 Å². The number of rotatable bonds is 11. The molecule has 0 saturated carbocycles. The second-order valence-corrected chi connectivity index (χ2v) is 6.58. The molecule has 0 spiro atoms. The Labute approximate surface area is 174 Å². The molecule has 0 fully saturated rings. The van der Waals surface area contributed by atoms with E-state index < -0.39 is 6.10 Å². The highest BCUT2D eigenvalue weighted by Crippen LogP contribution is 2.20. The predicted octanol–water partition coefficient (Wildman–Crippen LogP) is 0.805. The van der Waals surface area contributed by atoms with Crippen LogP contribution < -0.4 is 22.5 Å². The van der Waals surface area contributed by atoms with Crippen molar-refractivity contribution in [3.05, 3.63) is 60.2 Å². The number of hydrogen-bond donors (Lipinski definition) is 2. The largest absolute Gasteiger partial charge is 1.00 e. The predicted molar refractivity (Wildman–Crippen MR) is 109 cm³/mol. The van der Waals surface area contributed by atoms with Gasteiger partial charge in [0.1, 0.15) is 18.5 Å². The zero-order valence-corrected chi connectivity index (χ0v) is 17.4. The van der Waals surface area contributed by atoms with Crippen LogP contribution in [-0.2, 0) is 0 Å². The van der Waals surface area contributed by atoms with Crippen LogP contribution in [0.5, 0.6) is 5.75 Å². The number of para-hydroxylation sites is 2. The molecule has 154 valence electrons. The van der Waals surface area contributed by atoms with E-state index in [1.54, 1.807) is 18.2 Å². The van der Waals surface area contributed by atoms with Crippen molar-refractivity contribution >= 4 is 11.6 Å². The molecule has 0 bridgehead atoms. The second kappa shape index (κ2) is 13.2. The van der Waals surface area contributed by atoms with Gasteiger partial charge in [0.05, 0.1) is 5.56 Å². The number of amides is 1. The summed E-state index contributed by atoms with van der Waals surface area (Å²) in [6.45, 7) is 6.90. The minimum absolute atomic E-state index is 0. The SMILES string of the molecule is CCCN(CCC)CC(O)COc1ccccc1C(=O)Nc1ccccc1.[Cl-]. The molecule has 1 unspecified atom stereocenters. The average Bonchev–Trinajstić information content (AvgIpc) is 2.68. The normalized spacial score (nSPS) is 11.6. The first-order valence-electron chi connectivity index (χ1n) is 9.62. The van der Waals surface area contributed by atoms with Crippen molar-refractivity contribution in [2.24, 2.45) is 0 Å². The molecule has 1 atom stereocenters. The smallest absolute Gasteiger partial charge is 0.259 e. The van der Waals surface area contributed by atoms with Crippen molar-refractivity contribution in [1.29, 1.82) is 0 Å². The zero-order valence-electron chi connectivity index (χ0n) is 16.6. The molecule has 6 heteroatoms. The van der Waals surface area contributed by atoms with Crippen LogP contribution in [0.2, 0.25) is 0 Å². The maximum atomic E-state index is 12.6. The topological polar surface area (TPSA) is 61.8 Å². The Hall–Kier alpha value is -2.08. The second-order valence-electron chi connectivity index (χ2n) is 6.58. The first-order chi connectivity index (χ1) is 13.1. The van der Waals surface area contributed by atoms with Gasteiger partial charge >= 0.3 is 0 Å². The van der Waals surface area contributed by atoms with Gasteiger partial charge in [-0.2, -0.15) is 0 Å². The van der Waals surface area contributed by atoms with E-state index in [-0.39, 0.29) is 24.9 Å². The number of hydrogen-bond acceptors (Lipinski definition) is 4. The Morgan fingerprint density at radius 3 is 2.29 bits per heavy atom. The van der Waals surface area contributed by atoms with Gasteiger partial charge in [-0.3, -0.25) is 4.79 Å². The van der Waals surface area contributed by atoms with Crippen LogP contribution in [0.3, 0.4) is 0 Å². The summed E-state index contributed by atoms with van der Waals surface area (Å²) in [5, 5.41) is 13.2. The van der Waals surface area contributed by atoms with Crippen LogP contribution in [0.1, 0.15) is 37.0 Å². The molecule has 2 rings (SSSR count). The summed E-state index contributed by atoms with van der Waals surface area (Å²) >= 11 is 0. The molecule has 5 nitrogen and oxygen atoms in total. The number of benzene rings is 2. The number of anilines is 1. The van der Waals surface area contributed by atoms with E-state index in [9.17, 15) is 9.90 Å². The Balaban J connectivity index is 0.00000392. The maximum Gasteiger partial charge on any atom is 0.259 e. The molecule has 28 heavy (non-hydrogen) atoms. The average molecular weight is 406 g/mol. The molecule has 2 aromatic rings. The standard InChI is InChI=1S/C22H30N2O3.ClH/c1-3-14-24(15-4-2)16-19(25)17-27-21-13-9-8-12-20(21)22(26)23-18-10-6-5-7-11-18;/h5-13,19,25H,3-4,14-17H2,1-2H3,(H,23,26);1H/p-1. The summed E-state index contributed by atoms with van der Waals surface area (Å²) in [6.07, 6.45) is 1.50. The number of carbonyl (C=O) groups excluding carboxylic acids is 1. The quantitative estimate of drug-likeness (QED) is 0.580. The third kappa shape index (κ3) is 7.89. The summed E-state index contributed by atoms with van der Waals surface area (Å²) in [4.78, 5) is 14.8. The highest BCUT2D eigenvalue weighted by Gasteiger charge is 2.15. The summed E-state index contributed by atoms with van der Waals surface area (Å²) in [5.41, 5.74) is 1.18. The first kappa shape index (κ1) is 24.0. The van der Waals surface area contributed by atoms with Crippen molar-refractivity contribution in [3.8, 4) is 5.75 Å². The van der Waals surface area contributed by atoms with Crippen LogP contribution in [-0.4, -0.2) is 48.3 Å². The highest BCUT2D eigenvalue weighted by atomic mass is 35.5. The van der Waals surface area contributed by atoms with E-state index in [1.165, 1.54) is 0 Å². The molecule has 0 radical (unpaired) electrons. The number of nitrogens with zero attached hydrogens (tertiary/aromatic N) is 1. The summed E-state index contributed by atoms with van der Waals surface area (Å²) in [7, 11) is 0. The molecule has 2 aromatic carbocycles. The van der Waals surface area contributed by atoms with Gasteiger partial charge in [0.15, 0.2) is 0 Å². The number of ether oxygens (including phenoxy) is 1. The third-order valence-corrected chi connectivity index (χ3v) is 4.14. The van der Waals surface area contributed by atoms with Gasteiger partial charge in [-0.05, 0) is 50.2 Å². The summed E-state index contributed by atoms with van der Waals surface area (Å²) in [5.74, 6) is 0.243. The van der Waals surface area contributed by atoms with Crippen molar-refractivity contribution in [3.63, 3.8) is 0 Å². The summed E-state index contributed by atoms with van der Waals surface area (Å²) < 4.78 is 5.78. The number of aliphatic hydroxyl groups excluding tert-OH is 1. The molecular formula is C22H30ClN2O3-. The Morgan fingerprint density at radius 1 is 1.04 bits per heavy atom. The van der Waals surface area contributed by atoms with E-state index in [1.807, 2.05) is 36.4 Å². The first-order valence-corrected chi connectivity index (χ1v) is 9.62. The van der Waals surface area contributed by atoms with Crippen molar-refractivity contribution < 1.29 is 27.0 Å². The summed E-state index contributed by atoms with van der Waals surface area (Å²) in [6, 6.07) is 16.4. The van der Waals surface area contributed by atoms with Crippen molar-refractivity contribution in [2.45, 2.75) is 32.8 Å². The Morgan fingerprint density at radius 2 is 1.64 bits per heavy atom. The Kier molecular flexibility index (Phi) is 11.3. The molecular weight excluding hydrogens is 376 g/mol. The molecule has 0 aromatic heterocycles. The van der Waals surface area contributed by atoms with Crippen LogP contribution in [0.15, 0.2) is 54.6 Å². The number of aliphatic hydroxyl groups is 1. The van der Waals surface area contributed by atoms with Gasteiger partial charge in [0.25, 0.3) is 5.91 Å². The maximum absolute atomic E-state index is 12.6. The van der Waals surface area contributed by atoms with E-state index in [0.29, 0.717) is 17.9 Å². The number of nitrogens with one attached hydrogen (secondary N) is 1. The minimum Gasteiger partial charge on any atom is -1.00 e. The van der Waals surface area contributed by atoms with Crippen LogP contribution in [0.4, 0.5) is 5.69 Å². The van der Waals surface area contributed by atoms with Gasteiger partial charge in [-0.15, -0.1) is 0 Å². The molecule has 0 aliphatic carbocycles. The minimum atomic E-state index is -0.603. The fourth-order valence-electron chi connectivity index (χ4n) is 2.96. The molecule has 0 aliphatic heterocycles. The molecule has 0 saturated heterocycles. The number of halogens is 1. The number of carbonyl (C=O) groups is 1. The van der Waals surface area contributed by atoms with Gasteiger partial charge in [-0.1, -0.05) is 44.2 Å². The van der Waals surface area contributed by atoms with Crippen LogP contribution >= 0.6 is 0 Å². The lowest BCUT2D eigenvalue weighted by Gasteiger charge is -2.24. The monoisotopic (exact) mass is 405 g/mol. The molecule has 0 aliphatic rings. The molecule has 1 amide bonds. The van der Waals surface area contributed by atoms with Gasteiger partial charge < -0.3 is 32.5 Å². The van der Waals surface area contributed by atoms with E-state index >= 15 is 0 Å². The lowest BCUT2D eigenvalue weighted by Crippen LogP contribution is -3.00. The van der Waals surface area contributed by atoms with E-state index in [4.69, 9.17) is 4.74 Å². The van der Waals surface area contributed by atoms with Gasteiger partial charge in [0, 0.05) is 12.2 Å². The van der Waals surface area contributed by atoms with Crippen molar-refractivity contribution in [1.82, 2.24) is 4.90 Å². The van der Waals surface area contributed by atoms with Crippen molar-refractivity contribution in [2.75, 3.05) is 31.6 Å². The zero-order chi connectivity index (χ0) is 19.5. The lowest BCUT2D eigenvalue weighted by molar-refractivity contribution is -0.0000155. The fraction of sp³-hybridized carbons (Fsp3) is 0.409. The molecule has 2 N–H and O–H groups in total. The van der Waals surface area contributed by atoms with E-state index in [2.05, 4.69) is 24.1 Å². The van der Waals surface area contributed by atoms with Gasteiger partial charge in [-0.25, -0.2) is 0 Å². The lowest BCUT2D eigenvalue weighted by atomic mass is 10.2. The van der Waals surface area contributed by atoms with E-state index in [0.717, 1.165) is 31.6 Å². The van der Waals surface area contributed by atoms with Crippen LogP contribution in [0.25, 0.3) is 0 Å². The fourth-order valence-corrected chi connectivity index (χ4v) is 2.96. The molecule has 0 heterocycles. The van der Waals surface area contributed by atoms with Gasteiger partial charge in [0.2, 0.25) is 0 Å². The highest BCUT2D eigenvalue weighted by molar-refractivity contribution is 6.06.